The fraction of sp³-hybridized carbons (Fsp3) is 0.250. The summed E-state index contributed by atoms with van der Waals surface area (Å²) in [5.74, 6) is 2.90. The van der Waals surface area contributed by atoms with Gasteiger partial charge in [0.05, 0.1) is 46.2 Å². The summed E-state index contributed by atoms with van der Waals surface area (Å²) in [7, 11) is 0. The largest absolute Gasteiger partial charge is 0.326 e. The van der Waals surface area contributed by atoms with Crippen molar-refractivity contribution in [2.45, 2.75) is 136 Å². The molecule has 15 aromatic rings. The summed E-state index contributed by atoms with van der Waals surface area (Å²) in [4.78, 5) is 40.8. The van der Waals surface area contributed by atoms with E-state index in [4.69, 9.17) is 11.5 Å². The number of hydrogen-bond acceptors (Lipinski definition) is 10. The van der Waals surface area contributed by atoms with E-state index >= 15 is 0 Å². The standard InChI is InChI=1S/2C35H35N3O.C34H34N4O.ClH/c1-24-18-34(38(37-24)32-11-5-7-27(20-32)23-36)35(39)21-26-6-4-10-30(19-26)33(17-14-25-12-13-25)31-16-15-28-8-2-3-9-29(28)22-31;1-3-25-8-7-13-32(20-25)38-33(18-24(2)37-38)34(39)21-27-9-6-12-30(19-27)35(36-23-26-14-15-26)31-17-16-28-10-4-5-11-29(28)22-31;1-23-16-32(38(37-23)31-11-5-7-26(18-31)21-35)33(39)19-25-6-4-10-29(17-25)34(36-22-24-12-13-24)30-15-14-27-8-2-3-9-28(27)20-30;/h2-11,15-16,18-20,22,25,33H,12-14,17,21,23,36H2,1H3;4-13,16-20,22,26,35-36H,3,14-15,21,23H2,1-2H3;2-11,14-18,20,24,34,36H,12-13,19,21-22,35H2,1H3;1H. The number of nitrogens with zero attached hydrogens (tertiary/aromatic N) is 6. The van der Waals surface area contributed by atoms with Gasteiger partial charge in [0.1, 0.15) is 17.1 Å². The molecule has 18 rings (SSSR count). The minimum atomic E-state index is 0. The third-order valence-electron chi connectivity index (χ3n) is 23.3. The molecule has 0 bridgehead atoms. The van der Waals surface area contributed by atoms with Gasteiger partial charge >= 0.3 is 0 Å². The summed E-state index contributed by atoms with van der Waals surface area (Å²) in [5.41, 5.74) is 32.4. The van der Waals surface area contributed by atoms with E-state index in [0.29, 0.717) is 55.4 Å². The summed E-state index contributed by atoms with van der Waals surface area (Å²) in [6.45, 7) is 10.8. The van der Waals surface area contributed by atoms with E-state index in [2.05, 4.69) is 239 Å². The molecule has 12 aromatic carbocycles. The highest BCUT2D eigenvalue weighted by Gasteiger charge is 2.29. The number of nitrogens with one attached hydrogen (secondary N) is 2. The lowest BCUT2D eigenvalue weighted by Crippen LogP contribution is -2.24. The first-order valence-electron chi connectivity index (χ1n) is 41.9. The molecule has 0 aliphatic heterocycles. The second kappa shape index (κ2) is 37.6. The van der Waals surface area contributed by atoms with Gasteiger partial charge in [-0.2, -0.15) is 15.3 Å². The van der Waals surface area contributed by atoms with Gasteiger partial charge in [0.25, 0.3) is 0 Å². The molecule has 596 valence electrons. The molecule has 0 radical (unpaired) electrons. The van der Waals surface area contributed by atoms with Crippen molar-refractivity contribution in [1.29, 1.82) is 0 Å². The van der Waals surface area contributed by atoms with Crippen LogP contribution in [0.3, 0.4) is 0 Å². The van der Waals surface area contributed by atoms with Crippen molar-refractivity contribution in [3.8, 4) is 17.1 Å². The molecular formula is C104H105ClN10O3. The van der Waals surface area contributed by atoms with Gasteiger partial charge in [-0.3, -0.25) is 14.4 Å². The lowest BCUT2D eigenvalue weighted by molar-refractivity contribution is 0.0977. The second-order valence-electron chi connectivity index (χ2n) is 32.5. The Morgan fingerprint density at radius 2 is 0.661 bits per heavy atom. The topological polar surface area (TPSA) is 181 Å². The molecule has 0 spiro atoms. The maximum Gasteiger partial charge on any atom is 0.185 e. The van der Waals surface area contributed by atoms with Crippen LogP contribution < -0.4 is 22.1 Å². The highest BCUT2D eigenvalue weighted by molar-refractivity contribution is 5.98. The van der Waals surface area contributed by atoms with E-state index in [-0.39, 0.29) is 41.8 Å². The zero-order valence-corrected chi connectivity index (χ0v) is 68.8. The number of fused-ring (bicyclic) bond motifs is 3. The molecule has 6 N–H and O–H groups in total. The predicted octanol–water partition coefficient (Wildman–Crippen LogP) is 21.7. The van der Waals surface area contributed by atoms with Gasteiger partial charge in [-0.15, -0.1) is 12.4 Å². The summed E-state index contributed by atoms with van der Waals surface area (Å²) >= 11 is 0. The fourth-order valence-electron chi connectivity index (χ4n) is 16.3. The van der Waals surface area contributed by atoms with Crippen LogP contribution >= 0.6 is 12.4 Å². The van der Waals surface area contributed by atoms with E-state index in [1.54, 1.807) is 14.0 Å². The second-order valence-corrected chi connectivity index (χ2v) is 32.5. The number of rotatable bonds is 30. The van der Waals surface area contributed by atoms with Gasteiger partial charge in [0, 0.05) is 38.3 Å². The summed E-state index contributed by atoms with van der Waals surface area (Å²) in [6, 6.07) is 101. The molecule has 3 fully saturated rings. The van der Waals surface area contributed by atoms with E-state index in [1.807, 2.05) is 106 Å². The van der Waals surface area contributed by atoms with Crippen LogP contribution in [0.25, 0.3) is 49.4 Å². The number of nitrogens with two attached hydrogens (primary N) is 2. The van der Waals surface area contributed by atoms with Crippen LogP contribution in [0.5, 0.6) is 0 Å². The summed E-state index contributed by atoms with van der Waals surface area (Å²) in [6.07, 6.45) is 12.2. The SMILES string of the molecule is CCc1cccc(-n2nc(C)cc2C(=O)Cc2cccc(C(NCC3CC3)c3ccc4ccccc4c3)c2)c1.Cc1cc(C(=O)Cc2cccc(C(CCC3CC3)c3ccc4ccccc4c3)c2)n(-c2cccc(CN)c2)n1.Cc1cc(C(=O)Cc2cccc(C(NCC3CC3)c3ccc4ccccc4c3)c2)n(-c2cccc(CN)c2)n1.Cl. The van der Waals surface area contributed by atoms with Crippen molar-refractivity contribution in [2.75, 3.05) is 13.1 Å². The maximum absolute atomic E-state index is 13.6. The number of ketones is 3. The Hall–Kier alpha value is -11.8. The van der Waals surface area contributed by atoms with Crippen molar-refractivity contribution < 1.29 is 14.4 Å². The molecule has 13 nitrogen and oxygen atoms in total. The molecule has 3 aliphatic carbocycles. The van der Waals surface area contributed by atoms with E-state index < -0.39 is 0 Å². The predicted molar refractivity (Wildman–Crippen MR) is 482 cm³/mol. The minimum Gasteiger partial charge on any atom is -0.326 e. The van der Waals surface area contributed by atoms with Crippen molar-refractivity contribution in [3.63, 3.8) is 0 Å². The lowest BCUT2D eigenvalue weighted by atomic mass is 9.85. The molecular weight excluding hydrogens is 1470 g/mol. The van der Waals surface area contributed by atoms with Gasteiger partial charge in [-0.1, -0.05) is 244 Å². The molecule has 3 atom stereocenters. The summed E-state index contributed by atoms with van der Waals surface area (Å²) < 4.78 is 5.31. The van der Waals surface area contributed by atoms with Gasteiger partial charge in [0.15, 0.2) is 17.3 Å². The Bertz CT molecular complexity index is 5480. The average molecular weight is 1580 g/mol. The zero-order valence-electron chi connectivity index (χ0n) is 68.0. The number of benzene rings is 12. The number of Topliss-reactive ketones (excluding diaryl/α,β-unsaturated/α-hetero) is 3. The number of hydrogen-bond donors (Lipinski definition) is 4. The normalized spacial score (nSPS) is 13.9. The van der Waals surface area contributed by atoms with Crippen LogP contribution in [-0.4, -0.2) is 59.8 Å². The third kappa shape index (κ3) is 20.2. The van der Waals surface area contributed by atoms with Crippen molar-refractivity contribution in [3.05, 3.63) is 392 Å². The molecule has 3 saturated carbocycles. The van der Waals surface area contributed by atoms with Gasteiger partial charge in [-0.25, -0.2) is 14.0 Å². The van der Waals surface area contributed by atoms with Crippen LogP contribution in [0.2, 0.25) is 0 Å². The van der Waals surface area contributed by atoms with E-state index in [1.165, 1.54) is 116 Å². The monoisotopic (exact) mass is 1580 g/mol. The number of aromatic nitrogens is 6. The number of carbonyl (C=O) groups excluding carboxylic acids is 3. The van der Waals surface area contributed by atoms with Crippen LogP contribution in [0, 0.1) is 38.5 Å². The van der Waals surface area contributed by atoms with Crippen LogP contribution in [0.1, 0.15) is 192 Å². The highest BCUT2D eigenvalue weighted by atomic mass is 35.5. The van der Waals surface area contributed by atoms with Gasteiger partial charge in [-0.05, 0) is 262 Å². The van der Waals surface area contributed by atoms with Crippen LogP contribution in [0.4, 0.5) is 0 Å². The average Bonchev–Trinajstić information content (AvgIpc) is 1.61. The zero-order chi connectivity index (χ0) is 80.3. The molecule has 0 amide bonds. The molecule has 3 aromatic heterocycles. The third-order valence-corrected chi connectivity index (χ3v) is 23.3. The van der Waals surface area contributed by atoms with E-state index in [9.17, 15) is 14.4 Å². The Labute approximate surface area is 699 Å². The number of aryl methyl sites for hydroxylation is 4. The van der Waals surface area contributed by atoms with Crippen molar-refractivity contribution >= 4 is 62.1 Å². The van der Waals surface area contributed by atoms with Crippen LogP contribution in [0.15, 0.2) is 291 Å². The van der Waals surface area contributed by atoms with Crippen molar-refractivity contribution in [2.24, 2.45) is 29.2 Å². The molecule has 3 heterocycles. The first kappa shape index (κ1) is 81.3. The smallest absolute Gasteiger partial charge is 0.185 e. The molecule has 3 aliphatic rings. The van der Waals surface area contributed by atoms with Gasteiger partial charge in [0.2, 0.25) is 0 Å². The molecule has 118 heavy (non-hydrogen) atoms. The Balaban J connectivity index is 0.000000138. The number of halogens is 1. The quantitative estimate of drug-likeness (QED) is 0.0316. The minimum absolute atomic E-state index is 0. The molecule has 14 heteroatoms. The van der Waals surface area contributed by atoms with Crippen molar-refractivity contribution in [1.82, 2.24) is 40.0 Å². The Kier molecular flexibility index (Phi) is 25.9. The fourth-order valence-corrected chi connectivity index (χ4v) is 16.3. The summed E-state index contributed by atoms with van der Waals surface area (Å²) in [5, 5.41) is 29.1. The van der Waals surface area contributed by atoms with E-state index in [0.717, 1.165) is 106 Å². The van der Waals surface area contributed by atoms with Crippen LogP contribution in [-0.2, 0) is 38.8 Å². The van der Waals surface area contributed by atoms with Gasteiger partial charge < -0.3 is 22.1 Å². The highest BCUT2D eigenvalue weighted by Crippen LogP contribution is 2.41. The molecule has 3 unspecified atom stereocenters. The number of carbonyl (C=O) groups is 3. The first-order chi connectivity index (χ1) is 57.2. The Morgan fingerprint density at radius 1 is 0.347 bits per heavy atom. The lowest BCUT2D eigenvalue weighted by Gasteiger charge is -2.21. The first-order valence-corrected chi connectivity index (χ1v) is 41.9. The Morgan fingerprint density at radius 3 is 1.04 bits per heavy atom. The maximum atomic E-state index is 13.6. The molecule has 0 saturated heterocycles.